The van der Waals surface area contributed by atoms with Gasteiger partial charge in [0.05, 0.1) is 12.2 Å². The van der Waals surface area contributed by atoms with Crippen molar-refractivity contribution in [2.45, 2.75) is 12.2 Å². The van der Waals surface area contributed by atoms with Gasteiger partial charge in [-0.1, -0.05) is 0 Å². The lowest BCUT2D eigenvalue weighted by molar-refractivity contribution is 0.0572. The molecule has 7 nitrogen and oxygen atoms in total. The molecule has 1 aliphatic rings. The normalized spacial score (nSPS) is 22.3. The predicted molar refractivity (Wildman–Crippen MR) is 67.6 cm³/mol. The molecule has 1 aliphatic heterocycles. The number of primary amides is 1. The quantitative estimate of drug-likeness (QED) is 0.569. The zero-order chi connectivity index (χ0) is 14.0. The van der Waals surface area contributed by atoms with Crippen molar-refractivity contribution in [1.82, 2.24) is 4.90 Å². The van der Waals surface area contributed by atoms with Crippen molar-refractivity contribution < 1.29 is 19.8 Å². The Balaban J connectivity index is 2.06. The van der Waals surface area contributed by atoms with Crippen LogP contribution in [0.3, 0.4) is 0 Å². The maximum atomic E-state index is 12.1. The molecule has 1 saturated heterocycles. The van der Waals surface area contributed by atoms with Crippen molar-refractivity contribution in [2.24, 2.45) is 5.73 Å². The number of hydrogen-bond donors (Lipinski definition) is 4. The van der Waals surface area contributed by atoms with Gasteiger partial charge in [-0.05, 0) is 24.3 Å². The number of amides is 3. The van der Waals surface area contributed by atoms with Gasteiger partial charge >= 0.3 is 6.03 Å². The molecule has 0 saturated carbocycles. The second kappa shape index (κ2) is 5.25. The van der Waals surface area contributed by atoms with Crippen LogP contribution in [-0.4, -0.2) is 52.3 Å². The van der Waals surface area contributed by atoms with Gasteiger partial charge in [-0.25, -0.2) is 4.79 Å². The molecule has 0 radical (unpaired) electrons. The molecule has 0 spiro atoms. The van der Waals surface area contributed by atoms with Crippen LogP contribution in [0.15, 0.2) is 24.3 Å². The number of aliphatic hydroxyl groups is 2. The highest BCUT2D eigenvalue weighted by Crippen LogP contribution is 2.16. The molecule has 2 atom stereocenters. The topological polar surface area (TPSA) is 116 Å². The van der Waals surface area contributed by atoms with E-state index in [-0.39, 0.29) is 19.0 Å². The van der Waals surface area contributed by atoms with Crippen molar-refractivity contribution >= 4 is 17.6 Å². The average molecular weight is 265 g/mol. The molecule has 1 aromatic carbocycles. The minimum Gasteiger partial charge on any atom is -0.388 e. The standard InChI is InChI=1S/C12H15N3O4/c13-12(19)14-8-3-1-7(2-4-8)11(18)15-5-9(16)10(17)6-15/h1-4,9-10,16-17H,5-6H2,(H3,13,14,19)/t9-,10+. The van der Waals surface area contributed by atoms with Crippen LogP contribution in [0.1, 0.15) is 10.4 Å². The third-order valence-electron chi connectivity index (χ3n) is 2.95. The third kappa shape index (κ3) is 3.01. The molecular weight excluding hydrogens is 250 g/mol. The first-order valence-corrected chi connectivity index (χ1v) is 5.79. The van der Waals surface area contributed by atoms with E-state index in [1.54, 1.807) is 24.3 Å². The van der Waals surface area contributed by atoms with E-state index >= 15 is 0 Å². The van der Waals surface area contributed by atoms with Gasteiger partial charge in [-0.2, -0.15) is 0 Å². The number of benzene rings is 1. The molecule has 1 aromatic rings. The number of nitrogens with zero attached hydrogens (tertiary/aromatic N) is 1. The smallest absolute Gasteiger partial charge is 0.316 e. The number of likely N-dealkylation sites (tertiary alicyclic amines) is 1. The summed E-state index contributed by atoms with van der Waals surface area (Å²) in [5, 5.41) is 21.2. The van der Waals surface area contributed by atoms with E-state index in [9.17, 15) is 19.8 Å². The summed E-state index contributed by atoms with van der Waals surface area (Å²) in [7, 11) is 0. The summed E-state index contributed by atoms with van der Waals surface area (Å²) in [6, 6.07) is 5.53. The fourth-order valence-electron chi connectivity index (χ4n) is 1.96. The van der Waals surface area contributed by atoms with Crippen molar-refractivity contribution in [3.8, 4) is 0 Å². The van der Waals surface area contributed by atoms with Crippen LogP contribution < -0.4 is 11.1 Å². The minimum absolute atomic E-state index is 0.112. The molecule has 2 rings (SSSR count). The maximum absolute atomic E-state index is 12.1. The Hall–Kier alpha value is -2.12. The average Bonchev–Trinajstić information content (AvgIpc) is 2.69. The largest absolute Gasteiger partial charge is 0.388 e. The van der Waals surface area contributed by atoms with Crippen LogP contribution >= 0.6 is 0 Å². The molecule has 3 amide bonds. The van der Waals surface area contributed by atoms with E-state index < -0.39 is 18.2 Å². The highest BCUT2D eigenvalue weighted by molar-refractivity contribution is 5.95. The van der Waals surface area contributed by atoms with Crippen molar-refractivity contribution in [1.29, 1.82) is 0 Å². The monoisotopic (exact) mass is 265 g/mol. The van der Waals surface area contributed by atoms with Gasteiger partial charge in [-0.15, -0.1) is 0 Å². The molecule has 0 unspecified atom stereocenters. The van der Waals surface area contributed by atoms with Gasteiger partial charge < -0.3 is 26.2 Å². The van der Waals surface area contributed by atoms with Crippen molar-refractivity contribution in [3.05, 3.63) is 29.8 Å². The lowest BCUT2D eigenvalue weighted by Gasteiger charge is -2.15. The number of β-amino-alcohol motifs (C(OH)–C–C–N with tert-alkyl or cyclic N) is 2. The fourth-order valence-corrected chi connectivity index (χ4v) is 1.96. The van der Waals surface area contributed by atoms with Gasteiger partial charge in [-0.3, -0.25) is 4.79 Å². The second-order valence-electron chi connectivity index (χ2n) is 4.41. The van der Waals surface area contributed by atoms with Crippen LogP contribution in [-0.2, 0) is 0 Å². The van der Waals surface area contributed by atoms with Gasteiger partial charge in [0.15, 0.2) is 0 Å². The summed E-state index contributed by atoms with van der Waals surface area (Å²) in [5.74, 6) is -0.277. The molecule has 7 heteroatoms. The van der Waals surface area contributed by atoms with Gasteiger partial charge in [0, 0.05) is 24.3 Å². The molecule has 0 aromatic heterocycles. The van der Waals surface area contributed by atoms with E-state index in [0.717, 1.165) is 0 Å². The van der Waals surface area contributed by atoms with E-state index in [2.05, 4.69) is 5.32 Å². The van der Waals surface area contributed by atoms with E-state index in [1.807, 2.05) is 0 Å². The summed E-state index contributed by atoms with van der Waals surface area (Å²) < 4.78 is 0. The maximum Gasteiger partial charge on any atom is 0.316 e. The second-order valence-corrected chi connectivity index (χ2v) is 4.41. The molecule has 0 aliphatic carbocycles. The molecular formula is C12H15N3O4. The van der Waals surface area contributed by atoms with E-state index in [4.69, 9.17) is 5.73 Å². The lowest BCUT2D eigenvalue weighted by atomic mass is 10.2. The molecule has 0 bridgehead atoms. The first-order valence-electron chi connectivity index (χ1n) is 5.79. The van der Waals surface area contributed by atoms with Gasteiger partial charge in [0.25, 0.3) is 5.91 Å². The number of carbonyl (C=O) groups is 2. The zero-order valence-corrected chi connectivity index (χ0v) is 10.1. The Morgan fingerprint density at radius 1 is 1.16 bits per heavy atom. The molecule has 19 heavy (non-hydrogen) atoms. The number of anilines is 1. The third-order valence-corrected chi connectivity index (χ3v) is 2.95. The van der Waals surface area contributed by atoms with E-state index in [1.165, 1.54) is 4.90 Å². The van der Waals surface area contributed by atoms with Gasteiger partial charge in [0.2, 0.25) is 0 Å². The van der Waals surface area contributed by atoms with Crippen LogP contribution in [0.2, 0.25) is 0 Å². The summed E-state index contributed by atoms with van der Waals surface area (Å²) >= 11 is 0. The number of hydrogen-bond acceptors (Lipinski definition) is 4. The highest BCUT2D eigenvalue weighted by atomic mass is 16.3. The number of urea groups is 1. The lowest BCUT2D eigenvalue weighted by Crippen LogP contribution is -2.29. The Morgan fingerprint density at radius 3 is 2.16 bits per heavy atom. The van der Waals surface area contributed by atoms with Crippen molar-refractivity contribution in [2.75, 3.05) is 18.4 Å². The van der Waals surface area contributed by atoms with Crippen LogP contribution in [0.4, 0.5) is 10.5 Å². The minimum atomic E-state index is -0.903. The fraction of sp³-hybridized carbons (Fsp3) is 0.333. The van der Waals surface area contributed by atoms with Gasteiger partial charge in [0.1, 0.15) is 0 Å². The Morgan fingerprint density at radius 2 is 1.68 bits per heavy atom. The van der Waals surface area contributed by atoms with Crippen LogP contribution in [0.25, 0.3) is 0 Å². The predicted octanol–water partition coefficient (Wildman–Crippen LogP) is -0.645. The first-order chi connectivity index (χ1) is 8.97. The molecule has 102 valence electrons. The Kier molecular flexibility index (Phi) is 3.68. The van der Waals surface area contributed by atoms with Crippen molar-refractivity contribution in [3.63, 3.8) is 0 Å². The number of nitrogens with two attached hydrogens (primary N) is 1. The summed E-state index contributed by atoms with van der Waals surface area (Å²) in [6.45, 7) is 0.225. The van der Waals surface area contributed by atoms with Crippen LogP contribution in [0, 0.1) is 0 Å². The highest BCUT2D eigenvalue weighted by Gasteiger charge is 2.32. The number of nitrogens with one attached hydrogen (secondary N) is 1. The Bertz CT molecular complexity index is 478. The van der Waals surface area contributed by atoms with Crippen LogP contribution in [0.5, 0.6) is 0 Å². The molecule has 5 N–H and O–H groups in total. The molecule has 1 fully saturated rings. The number of rotatable bonds is 2. The first kappa shape index (κ1) is 13.3. The Labute approximate surface area is 109 Å². The zero-order valence-electron chi connectivity index (χ0n) is 10.1. The SMILES string of the molecule is NC(=O)Nc1ccc(C(=O)N2C[C@@H](O)[C@@H](O)C2)cc1. The number of carbonyl (C=O) groups excluding carboxylic acids is 2. The summed E-state index contributed by atoms with van der Waals surface area (Å²) in [5.41, 5.74) is 5.88. The number of aliphatic hydroxyl groups excluding tert-OH is 2. The summed E-state index contributed by atoms with van der Waals surface area (Å²) in [6.07, 6.45) is -1.81. The van der Waals surface area contributed by atoms with E-state index in [0.29, 0.717) is 11.3 Å². The summed E-state index contributed by atoms with van der Waals surface area (Å²) in [4.78, 5) is 24.1. The molecule has 1 heterocycles.